The van der Waals surface area contributed by atoms with Crippen molar-refractivity contribution in [2.24, 2.45) is 7.05 Å². The van der Waals surface area contributed by atoms with E-state index < -0.39 is 0 Å². The fourth-order valence-corrected chi connectivity index (χ4v) is 1.44. The lowest BCUT2D eigenvalue weighted by Crippen LogP contribution is -2.40. The van der Waals surface area contributed by atoms with Crippen LogP contribution in [0.15, 0.2) is 21.9 Å². The fourth-order valence-electron chi connectivity index (χ4n) is 1.44. The average molecular weight is 225 g/mol. The van der Waals surface area contributed by atoms with Gasteiger partial charge in [0.1, 0.15) is 0 Å². The van der Waals surface area contributed by atoms with Gasteiger partial charge >= 0.3 is 5.69 Å². The van der Waals surface area contributed by atoms with Gasteiger partial charge in [-0.1, -0.05) is 13.3 Å². The van der Waals surface area contributed by atoms with Crippen molar-refractivity contribution in [1.29, 1.82) is 0 Å². The van der Waals surface area contributed by atoms with E-state index in [0.29, 0.717) is 13.1 Å². The molecule has 0 bridgehead atoms. The maximum absolute atomic E-state index is 11.6. The molecule has 0 aliphatic rings. The highest BCUT2D eigenvalue weighted by Crippen LogP contribution is 1.82. The lowest BCUT2D eigenvalue weighted by molar-refractivity contribution is 0.537. The van der Waals surface area contributed by atoms with Crippen LogP contribution in [0.3, 0.4) is 0 Å². The Hall–Kier alpha value is -1.36. The molecule has 0 aromatic carbocycles. The minimum atomic E-state index is -0.259. The summed E-state index contributed by atoms with van der Waals surface area (Å²) >= 11 is 0. The molecule has 0 aliphatic carbocycles. The van der Waals surface area contributed by atoms with Gasteiger partial charge in [0, 0.05) is 32.4 Å². The van der Waals surface area contributed by atoms with Crippen molar-refractivity contribution in [1.82, 2.24) is 14.5 Å². The topological polar surface area (TPSA) is 56.0 Å². The van der Waals surface area contributed by atoms with Crippen molar-refractivity contribution < 1.29 is 0 Å². The fraction of sp³-hybridized carbons (Fsp3) is 0.636. The Labute approximate surface area is 94.7 Å². The SMILES string of the molecule is CCCCNCCn1c(=O)ccn(C)c1=O. The molecule has 16 heavy (non-hydrogen) atoms. The average Bonchev–Trinajstić information content (AvgIpc) is 2.28. The van der Waals surface area contributed by atoms with Crippen LogP contribution >= 0.6 is 0 Å². The zero-order chi connectivity index (χ0) is 12.0. The zero-order valence-electron chi connectivity index (χ0n) is 9.90. The van der Waals surface area contributed by atoms with Crippen LogP contribution in [-0.4, -0.2) is 22.2 Å². The van der Waals surface area contributed by atoms with E-state index in [4.69, 9.17) is 0 Å². The van der Waals surface area contributed by atoms with Crippen LogP contribution in [0.25, 0.3) is 0 Å². The van der Waals surface area contributed by atoms with Crippen molar-refractivity contribution >= 4 is 0 Å². The zero-order valence-corrected chi connectivity index (χ0v) is 9.90. The molecule has 1 aromatic heterocycles. The third kappa shape index (κ3) is 3.34. The van der Waals surface area contributed by atoms with Crippen LogP contribution in [0, 0.1) is 0 Å². The third-order valence-corrected chi connectivity index (χ3v) is 2.46. The first-order valence-corrected chi connectivity index (χ1v) is 5.64. The first-order valence-electron chi connectivity index (χ1n) is 5.64. The summed E-state index contributed by atoms with van der Waals surface area (Å²) in [7, 11) is 1.64. The number of unbranched alkanes of at least 4 members (excludes halogenated alkanes) is 1. The summed E-state index contributed by atoms with van der Waals surface area (Å²) in [4.78, 5) is 23.0. The molecule has 5 heteroatoms. The maximum Gasteiger partial charge on any atom is 0.330 e. The Balaban J connectivity index is 2.57. The normalized spacial score (nSPS) is 10.6. The number of rotatable bonds is 6. The van der Waals surface area contributed by atoms with Crippen LogP contribution < -0.4 is 16.6 Å². The van der Waals surface area contributed by atoms with Gasteiger partial charge in [-0.3, -0.25) is 9.36 Å². The molecule has 0 fully saturated rings. The van der Waals surface area contributed by atoms with Crippen LogP contribution in [0.1, 0.15) is 19.8 Å². The second-order valence-corrected chi connectivity index (χ2v) is 3.80. The summed E-state index contributed by atoms with van der Waals surface area (Å²) in [6.07, 6.45) is 3.74. The van der Waals surface area contributed by atoms with E-state index in [0.717, 1.165) is 19.4 Å². The van der Waals surface area contributed by atoms with Gasteiger partial charge in [-0.25, -0.2) is 4.79 Å². The second-order valence-electron chi connectivity index (χ2n) is 3.80. The highest BCUT2D eigenvalue weighted by atomic mass is 16.2. The molecule has 1 rings (SSSR count). The van der Waals surface area contributed by atoms with Crippen LogP contribution in [-0.2, 0) is 13.6 Å². The number of hydrogen-bond donors (Lipinski definition) is 1. The Morgan fingerprint density at radius 3 is 2.75 bits per heavy atom. The van der Waals surface area contributed by atoms with Crippen molar-refractivity contribution in [3.05, 3.63) is 33.1 Å². The molecular formula is C11H19N3O2. The van der Waals surface area contributed by atoms with Gasteiger partial charge in [0.25, 0.3) is 5.56 Å². The lowest BCUT2D eigenvalue weighted by atomic mass is 10.3. The summed E-state index contributed by atoms with van der Waals surface area (Å²) in [5.41, 5.74) is -0.495. The van der Waals surface area contributed by atoms with E-state index in [1.807, 2.05) is 0 Å². The number of nitrogens with one attached hydrogen (secondary N) is 1. The molecule has 0 saturated heterocycles. The van der Waals surface area contributed by atoms with Crippen LogP contribution in [0.4, 0.5) is 0 Å². The van der Waals surface area contributed by atoms with Gasteiger partial charge in [0.2, 0.25) is 0 Å². The van der Waals surface area contributed by atoms with Gasteiger partial charge in [-0.05, 0) is 13.0 Å². The molecule has 1 aromatic rings. The molecule has 5 nitrogen and oxygen atoms in total. The largest absolute Gasteiger partial charge is 0.330 e. The van der Waals surface area contributed by atoms with Gasteiger partial charge in [0.15, 0.2) is 0 Å². The molecule has 0 amide bonds. The van der Waals surface area contributed by atoms with Gasteiger partial charge < -0.3 is 9.88 Å². The van der Waals surface area contributed by atoms with Gasteiger partial charge in [0.05, 0.1) is 0 Å². The quantitative estimate of drug-likeness (QED) is 0.690. The van der Waals surface area contributed by atoms with E-state index in [9.17, 15) is 9.59 Å². The van der Waals surface area contributed by atoms with Crippen molar-refractivity contribution in [2.75, 3.05) is 13.1 Å². The third-order valence-electron chi connectivity index (χ3n) is 2.46. The smallest absolute Gasteiger partial charge is 0.315 e. The molecule has 0 aliphatic heterocycles. The Morgan fingerprint density at radius 1 is 1.31 bits per heavy atom. The summed E-state index contributed by atoms with van der Waals surface area (Å²) < 4.78 is 2.66. The molecule has 0 radical (unpaired) electrons. The Morgan fingerprint density at radius 2 is 2.06 bits per heavy atom. The van der Waals surface area contributed by atoms with E-state index in [1.165, 1.54) is 21.4 Å². The number of aromatic nitrogens is 2. The standard InChI is InChI=1S/C11H19N3O2/c1-3-4-6-12-7-9-14-10(15)5-8-13(2)11(14)16/h5,8,12H,3-4,6-7,9H2,1-2H3. The first kappa shape index (κ1) is 12.7. The Bertz CT molecular complexity index is 434. The second kappa shape index (κ2) is 6.27. The highest BCUT2D eigenvalue weighted by molar-refractivity contribution is 4.85. The summed E-state index contributed by atoms with van der Waals surface area (Å²) in [6.45, 7) is 4.13. The minimum absolute atomic E-state index is 0.236. The molecule has 0 unspecified atom stereocenters. The predicted molar refractivity (Wildman–Crippen MR) is 63.7 cm³/mol. The van der Waals surface area contributed by atoms with E-state index in [1.54, 1.807) is 7.05 Å². The first-order chi connectivity index (χ1) is 7.66. The van der Waals surface area contributed by atoms with Crippen molar-refractivity contribution in [2.45, 2.75) is 26.3 Å². The maximum atomic E-state index is 11.6. The van der Waals surface area contributed by atoms with E-state index in [2.05, 4.69) is 12.2 Å². The lowest BCUT2D eigenvalue weighted by Gasteiger charge is -2.07. The molecular weight excluding hydrogens is 206 g/mol. The molecule has 0 atom stereocenters. The summed E-state index contributed by atoms with van der Waals surface area (Å²) in [6, 6.07) is 1.41. The van der Waals surface area contributed by atoms with E-state index >= 15 is 0 Å². The summed E-state index contributed by atoms with van der Waals surface area (Å²) in [5.74, 6) is 0. The number of aryl methyl sites for hydroxylation is 1. The number of nitrogens with zero attached hydrogens (tertiary/aromatic N) is 2. The predicted octanol–water partition coefficient (Wildman–Crippen LogP) is -0.0633. The summed E-state index contributed by atoms with van der Waals surface area (Å²) in [5, 5.41) is 3.20. The molecule has 1 N–H and O–H groups in total. The molecule has 1 heterocycles. The monoisotopic (exact) mass is 225 g/mol. The van der Waals surface area contributed by atoms with E-state index in [-0.39, 0.29) is 11.2 Å². The number of hydrogen-bond acceptors (Lipinski definition) is 3. The highest BCUT2D eigenvalue weighted by Gasteiger charge is 2.01. The minimum Gasteiger partial charge on any atom is -0.315 e. The Kier molecular flexibility index (Phi) is 4.98. The van der Waals surface area contributed by atoms with Gasteiger partial charge in [-0.15, -0.1) is 0 Å². The molecule has 0 saturated carbocycles. The van der Waals surface area contributed by atoms with Crippen LogP contribution in [0.5, 0.6) is 0 Å². The molecule has 0 spiro atoms. The van der Waals surface area contributed by atoms with Crippen LogP contribution in [0.2, 0.25) is 0 Å². The van der Waals surface area contributed by atoms with Crippen molar-refractivity contribution in [3.8, 4) is 0 Å². The van der Waals surface area contributed by atoms with Crippen molar-refractivity contribution in [3.63, 3.8) is 0 Å². The molecule has 90 valence electrons. The van der Waals surface area contributed by atoms with Gasteiger partial charge in [-0.2, -0.15) is 0 Å².